The third kappa shape index (κ3) is 4.09. The summed E-state index contributed by atoms with van der Waals surface area (Å²) in [6.07, 6.45) is 3.70. The molecule has 0 radical (unpaired) electrons. The summed E-state index contributed by atoms with van der Waals surface area (Å²) in [5.74, 6) is 0.804. The molecule has 2 heterocycles. The summed E-state index contributed by atoms with van der Waals surface area (Å²) in [6.45, 7) is 10.1. The Balaban J connectivity index is 0.00000144. The molecule has 2 rings (SSSR count). The number of rotatable bonds is 3. The molecule has 0 amide bonds. The van der Waals surface area contributed by atoms with Crippen LogP contribution in [0.15, 0.2) is 0 Å². The summed E-state index contributed by atoms with van der Waals surface area (Å²) in [4.78, 5) is 2.58. The standard InChI is InChI=1S/C13H26N2O.ClH/c1-13(2)10-15(7-4-12(13)14)6-3-11-5-8-16-9-11;/h11-12H,3-10,14H2,1-2H3;1H. The predicted octanol–water partition coefficient (Wildman–Crippen LogP) is 1.89. The largest absolute Gasteiger partial charge is 0.381 e. The van der Waals surface area contributed by atoms with E-state index in [1.165, 1.54) is 25.9 Å². The summed E-state index contributed by atoms with van der Waals surface area (Å²) < 4.78 is 5.42. The van der Waals surface area contributed by atoms with Gasteiger partial charge in [-0.3, -0.25) is 0 Å². The van der Waals surface area contributed by atoms with Gasteiger partial charge in [-0.25, -0.2) is 0 Å². The molecule has 4 heteroatoms. The molecule has 2 saturated heterocycles. The van der Waals surface area contributed by atoms with Gasteiger partial charge in [-0.15, -0.1) is 12.4 Å². The van der Waals surface area contributed by atoms with Gasteiger partial charge in [0.2, 0.25) is 0 Å². The van der Waals surface area contributed by atoms with E-state index in [2.05, 4.69) is 18.7 Å². The van der Waals surface area contributed by atoms with E-state index < -0.39 is 0 Å². The number of nitrogens with two attached hydrogens (primary N) is 1. The molecule has 2 unspecified atom stereocenters. The quantitative estimate of drug-likeness (QED) is 0.844. The zero-order valence-corrected chi connectivity index (χ0v) is 12.0. The first-order chi connectivity index (χ1) is 7.58. The molecule has 3 nitrogen and oxygen atoms in total. The van der Waals surface area contributed by atoms with E-state index in [4.69, 9.17) is 10.5 Å². The van der Waals surface area contributed by atoms with Crippen molar-refractivity contribution in [2.24, 2.45) is 17.1 Å². The van der Waals surface area contributed by atoms with Crippen LogP contribution in [0, 0.1) is 11.3 Å². The van der Waals surface area contributed by atoms with Gasteiger partial charge in [-0.2, -0.15) is 0 Å². The molecule has 2 aliphatic rings. The molecule has 102 valence electrons. The Bertz CT molecular complexity index is 229. The Hall–Kier alpha value is 0.170. The van der Waals surface area contributed by atoms with E-state index in [1.807, 2.05) is 0 Å². The second-order valence-corrected chi connectivity index (χ2v) is 6.18. The third-order valence-electron chi connectivity index (χ3n) is 4.27. The van der Waals surface area contributed by atoms with Gasteiger partial charge in [0, 0.05) is 25.8 Å². The van der Waals surface area contributed by atoms with Crippen molar-refractivity contribution < 1.29 is 4.74 Å². The lowest BCUT2D eigenvalue weighted by Gasteiger charge is -2.42. The predicted molar refractivity (Wildman–Crippen MR) is 73.6 cm³/mol. The monoisotopic (exact) mass is 262 g/mol. The molecule has 0 saturated carbocycles. The van der Waals surface area contributed by atoms with Crippen molar-refractivity contribution in [3.05, 3.63) is 0 Å². The fraction of sp³-hybridized carbons (Fsp3) is 1.00. The molecule has 2 aliphatic heterocycles. The topological polar surface area (TPSA) is 38.5 Å². The lowest BCUT2D eigenvalue weighted by molar-refractivity contribution is 0.0891. The molecular weight excluding hydrogens is 236 g/mol. The molecule has 2 fully saturated rings. The first-order valence-corrected chi connectivity index (χ1v) is 6.63. The van der Waals surface area contributed by atoms with Crippen LogP contribution < -0.4 is 5.73 Å². The van der Waals surface area contributed by atoms with Gasteiger partial charge in [-0.05, 0) is 43.7 Å². The van der Waals surface area contributed by atoms with E-state index in [0.717, 1.165) is 32.1 Å². The minimum atomic E-state index is 0. The highest BCUT2D eigenvalue weighted by Gasteiger charge is 2.33. The maximum atomic E-state index is 6.15. The average molecular weight is 263 g/mol. The van der Waals surface area contributed by atoms with Crippen molar-refractivity contribution in [2.75, 3.05) is 32.8 Å². The van der Waals surface area contributed by atoms with E-state index in [0.29, 0.717) is 6.04 Å². The second-order valence-electron chi connectivity index (χ2n) is 6.18. The number of hydrogen-bond acceptors (Lipinski definition) is 3. The lowest BCUT2D eigenvalue weighted by atomic mass is 9.79. The molecule has 2 N–H and O–H groups in total. The van der Waals surface area contributed by atoms with E-state index in [-0.39, 0.29) is 17.8 Å². The maximum absolute atomic E-state index is 6.15. The van der Waals surface area contributed by atoms with Crippen LogP contribution in [0.2, 0.25) is 0 Å². The zero-order valence-electron chi connectivity index (χ0n) is 11.2. The smallest absolute Gasteiger partial charge is 0.0495 e. The number of ether oxygens (including phenoxy) is 1. The van der Waals surface area contributed by atoms with Gasteiger partial charge >= 0.3 is 0 Å². The Kier molecular flexibility index (Phi) is 5.71. The van der Waals surface area contributed by atoms with Crippen LogP contribution in [0.4, 0.5) is 0 Å². The van der Waals surface area contributed by atoms with Crippen molar-refractivity contribution in [1.29, 1.82) is 0 Å². The van der Waals surface area contributed by atoms with Crippen LogP contribution in [0.1, 0.15) is 33.1 Å². The van der Waals surface area contributed by atoms with Crippen molar-refractivity contribution in [2.45, 2.75) is 39.2 Å². The molecule has 2 atom stereocenters. The average Bonchev–Trinajstić information content (AvgIpc) is 2.72. The van der Waals surface area contributed by atoms with Gasteiger partial charge in [0.1, 0.15) is 0 Å². The minimum absolute atomic E-state index is 0. The number of hydrogen-bond donors (Lipinski definition) is 1. The van der Waals surface area contributed by atoms with Crippen molar-refractivity contribution in [1.82, 2.24) is 4.90 Å². The van der Waals surface area contributed by atoms with Crippen molar-refractivity contribution in [3.8, 4) is 0 Å². The van der Waals surface area contributed by atoms with Crippen LogP contribution >= 0.6 is 12.4 Å². The SMILES string of the molecule is CC1(C)CN(CCC2CCOC2)CCC1N.Cl. The fourth-order valence-corrected chi connectivity index (χ4v) is 2.85. The molecule has 0 aliphatic carbocycles. The van der Waals surface area contributed by atoms with Crippen LogP contribution in [0.25, 0.3) is 0 Å². The number of nitrogens with zero attached hydrogens (tertiary/aromatic N) is 1. The first-order valence-electron chi connectivity index (χ1n) is 6.63. The summed E-state index contributed by atoms with van der Waals surface area (Å²) >= 11 is 0. The molecule has 0 bridgehead atoms. The lowest BCUT2D eigenvalue weighted by Crippen LogP contribution is -2.52. The third-order valence-corrected chi connectivity index (χ3v) is 4.27. The first kappa shape index (κ1) is 15.2. The zero-order chi connectivity index (χ0) is 11.6. The van der Waals surface area contributed by atoms with Gasteiger partial charge in [-0.1, -0.05) is 13.8 Å². The van der Waals surface area contributed by atoms with Crippen molar-refractivity contribution >= 4 is 12.4 Å². The summed E-state index contributed by atoms with van der Waals surface area (Å²) in [6, 6.07) is 0.374. The van der Waals surface area contributed by atoms with Gasteiger partial charge < -0.3 is 15.4 Å². The highest BCUT2D eigenvalue weighted by Crippen LogP contribution is 2.28. The van der Waals surface area contributed by atoms with E-state index in [9.17, 15) is 0 Å². The Morgan fingerprint density at radius 3 is 2.71 bits per heavy atom. The highest BCUT2D eigenvalue weighted by atomic mass is 35.5. The summed E-state index contributed by atoms with van der Waals surface area (Å²) in [5, 5.41) is 0. The summed E-state index contributed by atoms with van der Waals surface area (Å²) in [5.41, 5.74) is 6.43. The molecule has 17 heavy (non-hydrogen) atoms. The van der Waals surface area contributed by atoms with Crippen LogP contribution in [0.5, 0.6) is 0 Å². The van der Waals surface area contributed by atoms with E-state index >= 15 is 0 Å². The summed E-state index contributed by atoms with van der Waals surface area (Å²) in [7, 11) is 0. The minimum Gasteiger partial charge on any atom is -0.381 e. The Morgan fingerprint density at radius 2 is 2.12 bits per heavy atom. The Labute approximate surface area is 111 Å². The van der Waals surface area contributed by atoms with Crippen LogP contribution in [0.3, 0.4) is 0 Å². The molecule has 0 aromatic carbocycles. The van der Waals surface area contributed by atoms with E-state index in [1.54, 1.807) is 0 Å². The molecule has 0 aromatic heterocycles. The van der Waals surface area contributed by atoms with Crippen molar-refractivity contribution in [3.63, 3.8) is 0 Å². The van der Waals surface area contributed by atoms with Gasteiger partial charge in [0.15, 0.2) is 0 Å². The molecular formula is C13H27ClN2O. The normalized spacial score (nSPS) is 33.4. The van der Waals surface area contributed by atoms with Crippen LogP contribution in [-0.2, 0) is 4.74 Å². The fourth-order valence-electron chi connectivity index (χ4n) is 2.85. The Morgan fingerprint density at radius 1 is 1.35 bits per heavy atom. The van der Waals surface area contributed by atoms with Crippen LogP contribution in [-0.4, -0.2) is 43.8 Å². The highest BCUT2D eigenvalue weighted by molar-refractivity contribution is 5.85. The molecule has 0 aromatic rings. The second kappa shape index (κ2) is 6.37. The molecule has 0 spiro atoms. The van der Waals surface area contributed by atoms with Gasteiger partial charge in [0.05, 0.1) is 0 Å². The van der Waals surface area contributed by atoms with Gasteiger partial charge in [0.25, 0.3) is 0 Å². The number of halogens is 1. The maximum Gasteiger partial charge on any atom is 0.0495 e. The number of likely N-dealkylation sites (tertiary alicyclic amines) is 1. The number of piperidine rings is 1.